The van der Waals surface area contributed by atoms with E-state index in [1.165, 1.54) is 19.2 Å². The van der Waals surface area contributed by atoms with E-state index in [0.717, 1.165) is 0 Å². The average Bonchev–Trinajstić information content (AvgIpc) is 3.04. The van der Waals surface area contributed by atoms with Gasteiger partial charge in [-0.25, -0.2) is 14.6 Å². The first kappa shape index (κ1) is 21.2. The molecule has 0 unspecified atom stereocenters. The number of hydrogen-bond donors (Lipinski definition) is 2. The molecule has 158 valence electrons. The van der Waals surface area contributed by atoms with Gasteiger partial charge in [0.25, 0.3) is 0 Å². The highest BCUT2D eigenvalue weighted by Crippen LogP contribution is 2.31. The predicted molar refractivity (Wildman–Crippen MR) is 108 cm³/mol. The molecule has 0 saturated heterocycles. The molecule has 10 nitrogen and oxygen atoms in total. The third-order valence-electron chi connectivity index (χ3n) is 4.15. The number of ether oxygens (including phenoxy) is 3. The van der Waals surface area contributed by atoms with E-state index in [9.17, 15) is 9.59 Å². The van der Waals surface area contributed by atoms with Crippen LogP contribution in [0.2, 0.25) is 5.02 Å². The van der Waals surface area contributed by atoms with E-state index in [-0.39, 0.29) is 63.5 Å². The molecule has 0 fully saturated rings. The fraction of sp³-hybridized carbons (Fsp3) is 0.263. The number of fused-ring (bicyclic) bond motifs is 1. The maximum atomic E-state index is 12.5. The highest BCUT2D eigenvalue weighted by Gasteiger charge is 2.24. The Kier molecular flexibility index (Phi) is 5.97. The van der Waals surface area contributed by atoms with E-state index in [2.05, 4.69) is 9.97 Å². The van der Waals surface area contributed by atoms with Gasteiger partial charge in [-0.1, -0.05) is 11.6 Å². The number of halogens is 1. The summed E-state index contributed by atoms with van der Waals surface area (Å²) in [4.78, 5) is 32.9. The molecule has 0 aliphatic carbocycles. The van der Waals surface area contributed by atoms with Gasteiger partial charge in [0, 0.05) is 6.07 Å². The molecule has 0 amide bonds. The van der Waals surface area contributed by atoms with Crippen molar-refractivity contribution in [3.63, 3.8) is 0 Å². The third-order valence-corrected chi connectivity index (χ3v) is 4.48. The summed E-state index contributed by atoms with van der Waals surface area (Å²) >= 11 is 5.98. The van der Waals surface area contributed by atoms with Gasteiger partial charge >= 0.3 is 11.9 Å². The number of nitrogens with zero attached hydrogens (tertiary/aromatic N) is 2. The van der Waals surface area contributed by atoms with E-state index in [1.807, 2.05) is 0 Å². The van der Waals surface area contributed by atoms with Gasteiger partial charge in [-0.05, 0) is 19.9 Å². The molecule has 2 aromatic heterocycles. The number of aryl methyl sites for hydroxylation is 1. The topological polar surface area (TPSA) is 153 Å². The van der Waals surface area contributed by atoms with Crippen molar-refractivity contribution in [3.8, 4) is 5.75 Å². The second-order valence-electron chi connectivity index (χ2n) is 6.11. The number of hydrogen-bond acceptors (Lipinski definition) is 10. The van der Waals surface area contributed by atoms with Crippen LogP contribution < -0.4 is 16.2 Å². The molecule has 0 aliphatic rings. The minimum absolute atomic E-state index is 0.000869. The fourth-order valence-corrected chi connectivity index (χ4v) is 2.97. The lowest BCUT2D eigenvalue weighted by atomic mass is 10.2. The Bertz CT molecular complexity index is 1140. The van der Waals surface area contributed by atoms with Crippen molar-refractivity contribution in [1.82, 2.24) is 9.97 Å². The summed E-state index contributed by atoms with van der Waals surface area (Å²) < 4.78 is 20.9. The Morgan fingerprint density at radius 3 is 2.57 bits per heavy atom. The molecular weight excluding hydrogens is 416 g/mol. The van der Waals surface area contributed by atoms with Crippen molar-refractivity contribution in [2.45, 2.75) is 20.5 Å². The van der Waals surface area contributed by atoms with Crippen molar-refractivity contribution >= 4 is 46.1 Å². The number of benzene rings is 1. The number of carbonyl (C=O) groups is 2. The molecule has 3 rings (SSSR count). The van der Waals surface area contributed by atoms with Crippen LogP contribution in [0, 0.1) is 6.92 Å². The monoisotopic (exact) mass is 434 g/mol. The van der Waals surface area contributed by atoms with Crippen LogP contribution in [0.15, 0.2) is 16.5 Å². The molecule has 1 aromatic carbocycles. The first-order valence-electron chi connectivity index (χ1n) is 8.79. The number of anilines is 2. The number of aromatic nitrogens is 2. The molecule has 30 heavy (non-hydrogen) atoms. The zero-order valence-corrected chi connectivity index (χ0v) is 17.2. The number of nitrogens with two attached hydrogens (primary N) is 2. The first-order valence-corrected chi connectivity index (χ1v) is 9.17. The van der Waals surface area contributed by atoms with E-state index in [0.29, 0.717) is 5.76 Å². The minimum Gasteiger partial charge on any atom is -0.496 e. The van der Waals surface area contributed by atoms with Crippen molar-refractivity contribution in [1.29, 1.82) is 0 Å². The van der Waals surface area contributed by atoms with Crippen molar-refractivity contribution < 1.29 is 28.2 Å². The highest BCUT2D eigenvalue weighted by atomic mass is 35.5. The smallest absolute Gasteiger partial charge is 0.342 e. The number of nitrogen functional groups attached to an aromatic ring is 2. The van der Waals surface area contributed by atoms with Crippen LogP contribution in [0.25, 0.3) is 11.1 Å². The summed E-state index contributed by atoms with van der Waals surface area (Å²) in [5, 5.41) is 0.426. The van der Waals surface area contributed by atoms with Gasteiger partial charge in [-0.2, -0.15) is 4.98 Å². The van der Waals surface area contributed by atoms with Crippen LogP contribution in [-0.2, 0) is 16.1 Å². The van der Waals surface area contributed by atoms with Crippen LogP contribution in [0.5, 0.6) is 5.75 Å². The molecule has 3 aromatic rings. The van der Waals surface area contributed by atoms with Gasteiger partial charge in [0.2, 0.25) is 5.71 Å². The number of carbonyl (C=O) groups excluding carboxylic acids is 2. The number of rotatable bonds is 6. The molecule has 0 aliphatic heterocycles. The molecule has 2 heterocycles. The number of esters is 2. The average molecular weight is 435 g/mol. The van der Waals surface area contributed by atoms with Gasteiger partial charge in [0.15, 0.2) is 12.4 Å². The van der Waals surface area contributed by atoms with Crippen LogP contribution >= 0.6 is 11.6 Å². The maximum absolute atomic E-state index is 12.5. The number of furan rings is 1. The molecule has 0 radical (unpaired) electrons. The lowest BCUT2D eigenvalue weighted by Crippen LogP contribution is -2.11. The largest absolute Gasteiger partial charge is 0.496 e. The SMILES string of the molecule is CCOC(=O)c1c(C)oc2nc(COC(=O)c3cc(Cl)c(N)cc3OC)nc(N)c12. The summed E-state index contributed by atoms with van der Waals surface area (Å²) in [7, 11) is 1.39. The van der Waals surface area contributed by atoms with Gasteiger partial charge in [0.05, 0.1) is 29.8 Å². The summed E-state index contributed by atoms with van der Waals surface area (Å²) in [6.07, 6.45) is 0. The maximum Gasteiger partial charge on any atom is 0.342 e. The summed E-state index contributed by atoms with van der Waals surface area (Å²) in [6, 6.07) is 2.76. The van der Waals surface area contributed by atoms with Gasteiger partial charge in [-0.3, -0.25) is 0 Å². The zero-order valence-electron chi connectivity index (χ0n) is 16.4. The van der Waals surface area contributed by atoms with Crippen molar-refractivity contribution in [3.05, 3.63) is 39.9 Å². The first-order chi connectivity index (χ1) is 14.3. The second kappa shape index (κ2) is 8.46. The lowest BCUT2D eigenvalue weighted by Gasteiger charge is -2.10. The van der Waals surface area contributed by atoms with Gasteiger partial charge < -0.3 is 30.1 Å². The normalized spacial score (nSPS) is 10.8. The Morgan fingerprint density at radius 2 is 1.90 bits per heavy atom. The van der Waals surface area contributed by atoms with Crippen molar-refractivity contribution in [2.24, 2.45) is 0 Å². The molecule has 0 bridgehead atoms. The lowest BCUT2D eigenvalue weighted by molar-refractivity contribution is 0.0457. The van der Waals surface area contributed by atoms with Crippen LogP contribution in [-0.4, -0.2) is 35.6 Å². The summed E-state index contributed by atoms with van der Waals surface area (Å²) in [5.41, 5.74) is 12.3. The second-order valence-corrected chi connectivity index (χ2v) is 6.52. The Hall–Kier alpha value is -3.53. The van der Waals surface area contributed by atoms with Crippen molar-refractivity contribution in [2.75, 3.05) is 25.2 Å². The number of methoxy groups -OCH3 is 1. The predicted octanol–water partition coefficient (Wildman–Crippen LogP) is 2.89. The molecular formula is C19H19ClN4O6. The zero-order chi connectivity index (χ0) is 22.0. The molecule has 0 spiro atoms. The highest BCUT2D eigenvalue weighted by molar-refractivity contribution is 6.33. The minimum atomic E-state index is -0.723. The molecule has 4 N–H and O–H groups in total. The van der Waals surface area contributed by atoms with E-state index in [4.69, 9.17) is 41.7 Å². The van der Waals surface area contributed by atoms with Crippen LogP contribution in [0.4, 0.5) is 11.5 Å². The van der Waals surface area contributed by atoms with Crippen LogP contribution in [0.3, 0.4) is 0 Å². The van der Waals surface area contributed by atoms with E-state index >= 15 is 0 Å². The third kappa shape index (κ3) is 3.94. The Balaban J connectivity index is 1.86. The summed E-state index contributed by atoms with van der Waals surface area (Å²) in [6.45, 7) is 3.16. The Labute approximate surface area is 176 Å². The summed E-state index contributed by atoms with van der Waals surface area (Å²) in [5.74, 6) is -0.732. The van der Waals surface area contributed by atoms with Crippen LogP contribution in [0.1, 0.15) is 39.2 Å². The van der Waals surface area contributed by atoms with Gasteiger partial charge in [-0.15, -0.1) is 0 Å². The van der Waals surface area contributed by atoms with E-state index < -0.39 is 11.9 Å². The molecule has 11 heteroatoms. The molecule has 0 atom stereocenters. The quantitative estimate of drug-likeness (QED) is 0.437. The standard InChI is InChI=1S/C19H19ClN4O6/c1-4-28-19(26)14-8(2)30-17-15(14)16(22)23-13(24-17)7-29-18(25)9-5-10(20)11(21)6-12(9)27-3/h5-6H,4,7,21H2,1-3H3,(H2,22,23,24). The van der Waals surface area contributed by atoms with E-state index in [1.54, 1.807) is 13.8 Å². The Morgan fingerprint density at radius 1 is 1.17 bits per heavy atom. The fourth-order valence-electron chi connectivity index (χ4n) is 2.80. The van der Waals surface area contributed by atoms with Gasteiger partial charge in [0.1, 0.15) is 28.5 Å². The molecule has 0 saturated carbocycles.